The minimum Gasteiger partial charge on any atom is -0.339 e. The number of benzene rings is 2. The van der Waals surface area contributed by atoms with E-state index >= 15 is 0 Å². The highest BCUT2D eigenvalue weighted by molar-refractivity contribution is 5.79. The lowest BCUT2D eigenvalue weighted by Gasteiger charge is -2.35. The van der Waals surface area contributed by atoms with Gasteiger partial charge < -0.3 is 9.80 Å². The minimum atomic E-state index is -0.407. The predicted molar refractivity (Wildman–Crippen MR) is 139 cm³/mol. The van der Waals surface area contributed by atoms with Crippen LogP contribution in [0, 0.1) is 6.92 Å². The first-order valence-corrected chi connectivity index (χ1v) is 12.1. The number of fused-ring (bicyclic) bond motifs is 1. The van der Waals surface area contributed by atoms with Gasteiger partial charge in [-0.2, -0.15) is 4.98 Å². The molecule has 0 spiro atoms. The van der Waals surface area contributed by atoms with Gasteiger partial charge in [0.05, 0.1) is 13.0 Å². The number of amides is 1. The molecule has 2 aromatic carbocycles. The van der Waals surface area contributed by atoms with Gasteiger partial charge in [0.1, 0.15) is 0 Å². The second kappa shape index (κ2) is 9.49. The first-order chi connectivity index (χ1) is 17.3. The summed E-state index contributed by atoms with van der Waals surface area (Å²) in [7, 11) is 3.13. The van der Waals surface area contributed by atoms with Crippen molar-refractivity contribution in [2.24, 2.45) is 14.1 Å². The molecule has 0 N–H and O–H groups in total. The van der Waals surface area contributed by atoms with Crippen molar-refractivity contribution >= 4 is 23.0 Å². The van der Waals surface area contributed by atoms with Crippen LogP contribution in [0.15, 0.2) is 64.2 Å². The van der Waals surface area contributed by atoms with Crippen LogP contribution in [0.25, 0.3) is 11.2 Å². The molecule has 1 aliphatic rings. The molecule has 186 valence electrons. The van der Waals surface area contributed by atoms with Crippen molar-refractivity contribution in [3.8, 4) is 0 Å². The van der Waals surface area contributed by atoms with Crippen LogP contribution in [-0.2, 0) is 31.9 Å². The number of aryl methyl sites for hydroxylation is 2. The monoisotopic (exact) mass is 486 g/mol. The zero-order valence-electron chi connectivity index (χ0n) is 20.8. The van der Waals surface area contributed by atoms with Crippen molar-refractivity contribution in [2.45, 2.75) is 19.9 Å². The Hall–Kier alpha value is -4.14. The molecule has 0 saturated carbocycles. The molecule has 5 rings (SSSR count). The Bertz CT molecular complexity index is 1540. The number of anilines is 1. The molecule has 9 heteroatoms. The third-order valence-corrected chi connectivity index (χ3v) is 6.86. The number of nitrogens with zero attached hydrogens (tertiary/aromatic N) is 6. The lowest BCUT2D eigenvalue weighted by Crippen LogP contribution is -2.50. The van der Waals surface area contributed by atoms with Crippen molar-refractivity contribution in [1.29, 1.82) is 0 Å². The molecule has 0 unspecified atom stereocenters. The lowest BCUT2D eigenvalue weighted by atomic mass is 10.1. The van der Waals surface area contributed by atoms with Gasteiger partial charge in [-0.1, -0.05) is 60.2 Å². The largest absolute Gasteiger partial charge is 0.339 e. The molecule has 36 heavy (non-hydrogen) atoms. The van der Waals surface area contributed by atoms with Gasteiger partial charge in [-0.25, -0.2) is 4.79 Å². The van der Waals surface area contributed by atoms with E-state index in [1.54, 1.807) is 7.05 Å². The van der Waals surface area contributed by atoms with E-state index in [4.69, 9.17) is 4.98 Å². The predicted octanol–water partition coefficient (Wildman–Crippen LogP) is 1.68. The zero-order valence-corrected chi connectivity index (χ0v) is 20.8. The van der Waals surface area contributed by atoms with Crippen LogP contribution in [-0.4, -0.2) is 55.7 Å². The number of rotatable bonds is 5. The van der Waals surface area contributed by atoms with Gasteiger partial charge in [-0.15, -0.1) is 0 Å². The topological polar surface area (TPSA) is 85.4 Å². The van der Waals surface area contributed by atoms with E-state index in [0.717, 1.165) is 21.3 Å². The summed E-state index contributed by atoms with van der Waals surface area (Å²) in [5, 5.41) is 0. The third kappa shape index (κ3) is 4.32. The Morgan fingerprint density at radius 2 is 1.58 bits per heavy atom. The summed E-state index contributed by atoms with van der Waals surface area (Å²) in [6.07, 6.45) is 0.380. The maximum Gasteiger partial charge on any atom is 0.332 e. The number of imidazole rings is 1. The van der Waals surface area contributed by atoms with Gasteiger partial charge in [0.2, 0.25) is 11.9 Å². The van der Waals surface area contributed by atoms with Crippen molar-refractivity contribution < 1.29 is 4.79 Å². The molecular weight excluding hydrogens is 456 g/mol. The number of aromatic nitrogens is 4. The van der Waals surface area contributed by atoms with Crippen LogP contribution in [0.2, 0.25) is 0 Å². The molecule has 2 aromatic heterocycles. The Kier molecular flexibility index (Phi) is 6.22. The summed E-state index contributed by atoms with van der Waals surface area (Å²) in [6.45, 7) is 4.79. The fourth-order valence-electron chi connectivity index (χ4n) is 4.86. The van der Waals surface area contributed by atoms with Gasteiger partial charge in [-0.05, 0) is 18.1 Å². The first-order valence-electron chi connectivity index (χ1n) is 12.1. The Morgan fingerprint density at radius 3 is 2.28 bits per heavy atom. The Morgan fingerprint density at radius 1 is 0.889 bits per heavy atom. The second-order valence-corrected chi connectivity index (χ2v) is 9.40. The van der Waals surface area contributed by atoms with Crippen LogP contribution in [0.1, 0.15) is 16.7 Å². The van der Waals surface area contributed by atoms with E-state index in [9.17, 15) is 14.4 Å². The molecule has 0 radical (unpaired) electrons. The Labute approximate surface area is 208 Å². The van der Waals surface area contributed by atoms with Crippen LogP contribution < -0.4 is 16.1 Å². The van der Waals surface area contributed by atoms with Crippen molar-refractivity contribution in [1.82, 2.24) is 23.6 Å². The van der Waals surface area contributed by atoms with E-state index in [0.29, 0.717) is 56.3 Å². The highest BCUT2D eigenvalue weighted by Gasteiger charge is 2.27. The molecule has 1 amide bonds. The van der Waals surface area contributed by atoms with Crippen LogP contribution >= 0.6 is 0 Å². The zero-order chi connectivity index (χ0) is 25.4. The van der Waals surface area contributed by atoms with Gasteiger partial charge in [0.25, 0.3) is 5.56 Å². The molecule has 9 nitrogen and oxygen atoms in total. The van der Waals surface area contributed by atoms with Gasteiger partial charge in [-0.3, -0.25) is 23.3 Å². The van der Waals surface area contributed by atoms with E-state index in [2.05, 4.69) is 11.0 Å². The van der Waals surface area contributed by atoms with E-state index in [-0.39, 0.29) is 11.5 Å². The van der Waals surface area contributed by atoms with Crippen molar-refractivity contribution in [3.05, 3.63) is 92.1 Å². The Balaban J connectivity index is 1.47. The molecule has 0 aliphatic carbocycles. The summed E-state index contributed by atoms with van der Waals surface area (Å²) in [4.78, 5) is 47.4. The van der Waals surface area contributed by atoms with E-state index in [1.165, 1.54) is 11.6 Å². The lowest BCUT2D eigenvalue weighted by molar-refractivity contribution is -0.130. The minimum absolute atomic E-state index is 0.102. The number of piperazine rings is 1. The van der Waals surface area contributed by atoms with E-state index in [1.807, 2.05) is 64.9 Å². The fourth-order valence-corrected chi connectivity index (χ4v) is 4.86. The number of carbonyl (C=O) groups excluding carboxylic acids is 1. The average Bonchev–Trinajstić information content (AvgIpc) is 3.26. The molecule has 0 bridgehead atoms. The summed E-state index contributed by atoms with van der Waals surface area (Å²) >= 11 is 0. The van der Waals surface area contributed by atoms with Crippen LogP contribution in [0.3, 0.4) is 0 Å². The summed E-state index contributed by atoms with van der Waals surface area (Å²) < 4.78 is 4.46. The van der Waals surface area contributed by atoms with Gasteiger partial charge in [0.15, 0.2) is 11.2 Å². The van der Waals surface area contributed by atoms with Crippen LogP contribution in [0.5, 0.6) is 0 Å². The maximum absolute atomic E-state index is 13.2. The number of carbonyl (C=O) groups is 1. The highest BCUT2D eigenvalue weighted by Crippen LogP contribution is 2.23. The van der Waals surface area contributed by atoms with Crippen molar-refractivity contribution in [3.63, 3.8) is 0 Å². The first kappa shape index (κ1) is 23.6. The number of hydrogen-bond donors (Lipinski definition) is 0. The molecule has 4 aromatic rings. The molecule has 1 saturated heterocycles. The highest BCUT2D eigenvalue weighted by atomic mass is 16.2. The average molecular weight is 487 g/mol. The smallest absolute Gasteiger partial charge is 0.332 e. The summed E-state index contributed by atoms with van der Waals surface area (Å²) in [6, 6.07) is 17.9. The SMILES string of the molecule is Cc1cccc(Cn2c(N3CCN(C(=O)Cc4ccccc4)CC3)nc3c2c(=O)n(C)c(=O)n3C)c1. The standard InChI is InChI=1S/C27H30N6O3/c1-19-8-7-11-21(16-19)18-33-23-24(29(2)27(36)30(3)25(23)35)28-26(33)32-14-12-31(13-15-32)22(34)17-20-9-5-4-6-10-20/h4-11,16H,12-15,17-18H2,1-3H3. The van der Waals surface area contributed by atoms with Crippen molar-refractivity contribution in [2.75, 3.05) is 31.1 Å². The normalized spacial score (nSPS) is 14.0. The molecule has 0 atom stereocenters. The summed E-state index contributed by atoms with van der Waals surface area (Å²) in [5.74, 6) is 0.741. The number of hydrogen-bond acceptors (Lipinski definition) is 5. The third-order valence-electron chi connectivity index (χ3n) is 6.86. The summed E-state index contributed by atoms with van der Waals surface area (Å²) in [5.41, 5.74) is 3.17. The molecule has 3 heterocycles. The fraction of sp³-hybridized carbons (Fsp3) is 0.333. The molecule has 1 fully saturated rings. The van der Waals surface area contributed by atoms with E-state index < -0.39 is 5.69 Å². The molecule has 1 aliphatic heterocycles. The van der Waals surface area contributed by atoms with Gasteiger partial charge >= 0.3 is 5.69 Å². The maximum atomic E-state index is 13.2. The molecular formula is C27H30N6O3. The second-order valence-electron chi connectivity index (χ2n) is 9.40. The van der Waals surface area contributed by atoms with Crippen LogP contribution in [0.4, 0.5) is 5.95 Å². The quantitative estimate of drug-likeness (QED) is 0.429. The van der Waals surface area contributed by atoms with Gasteiger partial charge in [0, 0.05) is 40.3 Å².